The molecule has 2 aromatic carbocycles. The van der Waals surface area contributed by atoms with E-state index in [1.807, 2.05) is 13.0 Å². The van der Waals surface area contributed by atoms with Crippen LogP contribution in [0.1, 0.15) is 29.8 Å². The number of hydrogen-bond acceptors (Lipinski definition) is 7. The Morgan fingerprint density at radius 1 is 1.08 bits per heavy atom. The quantitative estimate of drug-likeness (QED) is 0.392. The number of carbonyl (C=O) groups excluding carboxylic acids is 1. The number of amides is 1. The molecule has 4 rings (SSSR count). The minimum Gasteiger partial charge on any atom is -0.477 e. The van der Waals surface area contributed by atoms with Gasteiger partial charge in [0.25, 0.3) is 5.91 Å². The molecule has 0 spiro atoms. The minimum absolute atomic E-state index is 0.165. The number of anilines is 4. The summed E-state index contributed by atoms with van der Waals surface area (Å²) in [5, 5.41) is 6.61. The highest BCUT2D eigenvalue weighted by Crippen LogP contribution is 2.31. The predicted octanol–water partition coefficient (Wildman–Crippen LogP) is 5.63. The molecule has 0 unspecified atom stereocenters. The summed E-state index contributed by atoms with van der Waals surface area (Å²) in [7, 11) is 0. The molecular weight excluding hydrogens is 499 g/mol. The van der Waals surface area contributed by atoms with Gasteiger partial charge in [-0.05, 0) is 56.3 Å². The number of hydrogen-bond donors (Lipinski definition) is 2. The van der Waals surface area contributed by atoms with Crippen molar-refractivity contribution in [2.45, 2.75) is 20.8 Å². The third kappa shape index (κ3) is 6.00. The van der Waals surface area contributed by atoms with E-state index in [-0.39, 0.29) is 11.4 Å². The molecule has 0 aliphatic carbocycles. The first-order chi connectivity index (χ1) is 17.4. The molecule has 1 amide bonds. The van der Waals surface area contributed by atoms with E-state index in [4.69, 9.17) is 27.9 Å². The van der Waals surface area contributed by atoms with Crippen molar-refractivity contribution < 1.29 is 9.53 Å². The molecule has 2 heterocycles. The van der Waals surface area contributed by atoms with Crippen molar-refractivity contribution in [1.29, 1.82) is 0 Å². The van der Waals surface area contributed by atoms with Crippen LogP contribution in [0.25, 0.3) is 0 Å². The van der Waals surface area contributed by atoms with Crippen LogP contribution in [0.15, 0.2) is 42.6 Å². The SMILES string of the molecule is CCOc1nc(Nc2ccc(N3CCN(CC)CC3)c(C)c2)ncc1C(=O)Nc1c(Cl)cccc1Cl. The molecule has 1 aliphatic rings. The number of carbonyl (C=O) groups is 1. The highest BCUT2D eigenvalue weighted by molar-refractivity contribution is 6.40. The predicted molar refractivity (Wildman–Crippen MR) is 146 cm³/mol. The topological polar surface area (TPSA) is 82.6 Å². The van der Waals surface area contributed by atoms with Gasteiger partial charge in [-0.1, -0.05) is 36.2 Å². The van der Waals surface area contributed by atoms with Gasteiger partial charge < -0.3 is 25.2 Å². The zero-order valence-corrected chi connectivity index (χ0v) is 22.2. The second kappa shape index (κ2) is 11.8. The largest absolute Gasteiger partial charge is 0.477 e. The summed E-state index contributed by atoms with van der Waals surface area (Å²) >= 11 is 12.4. The number of nitrogens with zero attached hydrogens (tertiary/aromatic N) is 4. The third-order valence-electron chi connectivity index (χ3n) is 6.09. The van der Waals surface area contributed by atoms with Crippen LogP contribution in [0.5, 0.6) is 5.88 Å². The maximum absolute atomic E-state index is 12.9. The van der Waals surface area contributed by atoms with Gasteiger partial charge in [-0.25, -0.2) is 4.98 Å². The highest BCUT2D eigenvalue weighted by Gasteiger charge is 2.20. The zero-order chi connectivity index (χ0) is 25.7. The number of halogens is 2. The molecule has 0 atom stereocenters. The van der Waals surface area contributed by atoms with Gasteiger partial charge in [-0.15, -0.1) is 0 Å². The van der Waals surface area contributed by atoms with Crippen molar-refractivity contribution in [3.05, 3.63) is 63.8 Å². The van der Waals surface area contributed by atoms with Gasteiger partial charge in [0.1, 0.15) is 5.56 Å². The van der Waals surface area contributed by atoms with Crippen molar-refractivity contribution in [3.8, 4) is 5.88 Å². The van der Waals surface area contributed by atoms with Crippen molar-refractivity contribution in [1.82, 2.24) is 14.9 Å². The Kier molecular flexibility index (Phi) is 8.51. The Morgan fingerprint density at radius 2 is 1.81 bits per heavy atom. The summed E-state index contributed by atoms with van der Waals surface area (Å²) in [5.74, 6) is 0.0238. The van der Waals surface area contributed by atoms with Gasteiger partial charge in [-0.3, -0.25) is 4.79 Å². The van der Waals surface area contributed by atoms with Crippen LogP contribution in [0, 0.1) is 6.92 Å². The lowest BCUT2D eigenvalue weighted by Crippen LogP contribution is -2.46. The average Bonchev–Trinajstić information content (AvgIpc) is 2.87. The molecule has 1 saturated heterocycles. The standard InChI is InChI=1S/C26H30Cl2N6O2/c1-4-33-11-13-34(14-12-33)22-10-9-18(15-17(22)3)30-26-29-16-19(25(32-26)36-5-2)24(35)31-23-20(27)7-6-8-21(23)28/h6-10,15-16H,4-5,11-14H2,1-3H3,(H,31,35)(H,29,30,32). The molecule has 0 bridgehead atoms. The number of rotatable bonds is 8. The summed E-state index contributed by atoms with van der Waals surface area (Å²) in [4.78, 5) is 26.6. The molecule has 0 radical (unpaired) electrons. The van der Waals surface area contributed by atoms with E-state index >= 15 is 0 Å². The minimum atomic E-state index is -0.469. The molecule has 8 nitrogen and oxygen atoms in total. The maximum atomic E-state index is 12.9. The third-order valence-corrected chi connectivity index (χ3v) is 6.72. The van der Waals surface area contributed by atoms with Crippen molar-refractivity contribution in [3.63, 3.8) is 0 Å². The van der Waals surface area contributed by atoms with Gasteiger partial charge >= 0.3 is 0 Å². The number of piperazine rings is 1. The fraction of sp³-hybridized carbons (Fsp3) is 0.346. The monoisotopic (exact) mass is 528 g/mol. The Labute approximate surface area is 221 Å². The molecule has 190 valence electrons. The average molecular weight is 529 g/mol. The maximum Gasteiger partial charge on any atom is 0.262 e. The second-order valence-electron chi connectivity index (χ2n) is 8.44. The summed E-state index contributed by atoms with van der Waals surface area (Å²) < 4.78 is 5.65. The highest BCUT2D eigenvalue weighted by atomic mass is 35.5. The summed E-state index contributed by atoms with van der Waals surface area (Å²) in [6.45, 7) is 11.7. The molecule has 3 aromatic rings. The Balaban J connectivity index is 1.50. The van der Waals surface area contributed by atoms with E-state index in [2.05, 4.69) is 56.4 Å². The normalized spacial score (nSPS) is 14.0. The number of likely N-dealkylation sites (N-methyl/N-ethyl adjacent to an activating group) is 1. The molecule has 36 heavy (non-hydrogen) atoms. The molecule has 10 heteroatoms. The van der Waals surface area contributed by atoms with Gasteiger partial charge in [0.05, 0.1) is 22.3 Å². The van der Waals surface area contributed by atoms with Gasteiger partial charge in [0.2, 0.25) is 11.8 Å². The van der Waals surface area contributed by atoms with Crippen LogP contribution in [0.4, 0.5) is 23.0 Å². The fourth-order valence-electron chi connectivity index (χ4n) is 4.15. The molecule has 1 aromatic heterocycles. The van der Waals surface area contributed by atoms with Gasteiger partial charge in [0.15, 0.2) is 0 Å². The molecule has 1 fully saturated rings. The Hall–Kier alpha value is -3.07. The number of ether oxygens (including phenoxy) is 1. The zero-order valence-electron chi connectivity index (χ0n) is 20.6. The van der Waals surface area contributed by atoms with Crippen LogP contribution in [0.2, 0.25) is 10.0 Å². The number of aryl methyl sites for hydroxylation is 1. The first-order valence-electron chi connectivity index (χ1n) is 12.0. The first kappa shape index (κ1) is 26.0. The van der Waals surface area contributed by atoms with E-state index in [0.717, 1.165) is 38.4 Å². The van der Waals surface area contributed by atoms with Crippen LogP contribution in [-0.4, -0.2) is 60.1 Å². The second-order valence-corrected chi connectivity index (χ2v) is 9.26. The molecule has 2 N–H and O–H groups in total. The van der Waals surface area contributed by atoms with Crippen molar-refractivity contribution >= 4 is 52.1 Å². The Morgan fingerprint density at radius 3 is 2.44 bits per heavy atom. The van der Waals surface area contributed by atoms with E-state index in [1.165, 1.54) is 17.4 Å². The van der Waals surface area contributed by atoms with Gasteiger partial charge in [-0.2, -0.15) is 4.98 Å². The lowest BCUT2D eigenvalue weighted by Gasteiger charge is -2.36. The first-order valence-corrected chi connectivity index (χ1v) is 12.7. The van der Waals surface area contributed by atoms with Crippen LogP contribution in [0.3, 0.4) is 0 Å². The van der Waals surface area contributed by atoms with Gasteiger partial charge in [0, 0.05) is 43.8 Å². The van der Waals surface area contributed by atoms with Crippen LogP contribution < -0.4 is 20.3 Å². The lowest BCUT2D eigenvalue weighted by molar-refractivity contribution is 0.102. The number of nitrogens with one attached hydrogen (secondary N) is 2. The number of benzene rings is 2. The van der Waals surface area contributed by atoms with Crippen molar-refractivity contribution in [2.24, 2.45) is 0 Å². The summed E-state index contributed by atoms with van der Waals surface area (Å²) in [5.41, 5.74) is 3.75. The summed E-state index contributed by atoms with van der Waals surface area (Å²) in [6, 6.07) is 11.2. The van der Waals surface area contributed by atoms with Crippen molar-refractivity contribution in [2.75, 3.05) is 54.9 Å². The van der Waals surface area contributed by atoms with E-state index in [9.17, 15) is 4.79 Å². The fourth-order valence-corrected chi connectivity index (χ4v) is 4.64. The van der Waals surface area contributed by atoms with E-state index in [1.54, 1.807) is 18.2 Å². The molecule has 1 aliphatic heterocycles. The van der Waals surface area contributed by atoms with Crippen LogP contribution >= 0.6 is 23.2 Å². The molecule has 0 saturated carbocycles. The van der Waals surface area contributed by atoms with E-state index < -0.39 is 5.91 Å². The van der Waals surface area contributed by atoms with E-state index in [0.29, 0.717) is 28.3 Å². The lowest BCUT2D eigenvalue weighted by atomic mass is 10.1. The molecular formula is C26H30Cl2N6O2. The number of aromatic nitrogens is 2. The Bertz CT molecular complexity index is 1210. The smallest absolute Gasteiger partial charge is 0.262 e. The summed E-state index contributed by atoms with van der Waals surface area (Å²) in [6.07, 6.45) is 1.43. The van der Waals surface area contributed by atoms with Crippen LogP contribution in [-0.2, 0) is 0 Å². The number of para-hydroxylation sites is 1.